The monoisotopic (exact) mass is 604 g/mol. The third kappa shape index (κ3) is 16.7. The van der Waals surface area contributed by atoms with Crippen LogP contribution < -0.4 is 0 Å². The summed E-state index contributed by atoms with van der Waals surface area (Å²) in [6, 6.07) is 0. The molecule has 0 radical (unpaired) electrons. The average molecular weight is 605 g/mol. The van der Waals surface area contributed by atoms with Crippen LogP contribution >= 0.6 is 0 Å². The topological polar surface area (TPSA) is 73.8 Å². The molecule has 8 nitrogen and oxygen atoms in total. The van der Waals surface area contributed by atoms with Gasteiger partial charge in [-0.15, -0.1) is 0 Å². The summed E-state index contributed by atoms with van der Waals surface area (Å²) in [5, 5.41) is 0. The Bertz CT molecular complexity index is 703. The first-order valence-electron chi connectivity index (χ1n) is 15.9. The molecule has 0 heterocycles. The summed E-state index contributed by atoms with van der Waals surface area (Å²) < 4.78 is 0. The maximum absolute atomic E-state index is 5.79. The van der Waals surface area contributed by atoms with Crippen molar-refractivity contribution in [2.45, 2.75) is 197 Å². The molecular formula is C34H68O8. The number of rotatable bonds is 8. The van der Waals surface area contributed by atoms with Crippen molar-refractivity contribution in [2.75, 3.05) is 0 Å². The molecule has 0 N–H and O–H groups in total. The van der Waals surface area contributed by atoms with E-state index in [2.05, 4.69) is 41.5 Å². The van der Waals surface area contributed by atoms with Crippen LogP contribution in [0.2, 0.25) is 0 Å². The normalized spacial score (nSPS) is 25.9. The zero-order chi connectivity index (χ0) is 33.1. The van der Waals surface area contributed by atoms with Crippen molar-refractivity contribution < 1.29 is 39.1 Å². The lowest BCUT2D eigenvalue weighted by Crippen LogP contribution is -2.48. The molecule has 0 aliphatic heterocycles. The van der Waals surface area contributed by atoms with Crippen molar-refractivity contribution in [2.24, 2.45) is 22.7 Å². The van der Waals surface area contributed by atoms with E-state index in [4.69, 9.17) is 39.1 Å². The van der Waals surface area contributed by atoms with Crippen molar-refractivity contribution in [3.63, 3.8) is 0 Å². The standard InChI is InChI=1S/2C17H34O4/c2*1-13-10-16(8,9)12-17(11-13,20-18-14(2,3)4)21-19-15(5,6)7/h2*13H,10-12H2,1-9H3. The smallest absolute Gasteiger partial charge is 0.228 e. The highest BCUT2D eigenvalue weighted by Crippen LogP contribution is 2.48. The second-order valence-corrected chi connectivity index (χ2v) is 18.6. The highest BCUT2D eigenvalue weighted by Gasteiger charge is 2.50. The molecule has 2 rings (SSSR count). The first-order valence-corrected chi connectivity index (χ1v) is 15.9. The molecule has 8 heteroatoms. The molecular weight excluding hydrogens is 536 g/mol. The van der Waals surface area contributed by atoms with Gasteiger partial charge in [-0.1, -0.05) is 41.5 Å². The van der Waals surface area contributed by atoms with Gasteiger partial charge in [-0.25, -0.2) is 19.6 Å². The molecule has 2 aliphatic carbocycles. The fourth-order valence-electron chi connectivity index (χ4n) is 5.93. The number of hydrogen-bond acceptors (Lipinski definition) is 8. The Labute approximate surface area is 258 Å². The van der Waals surface area contributed by atoms with Crippen LogP contribution in [0.4, 0.5) is 0 Å². The van der Waals surface area contributed by atoms with Gasteiger partial charge in [0.2, 0.25) is 11.6 Å². The van der Waals surface area contributed by atoms with Crippen LogP contribution in [-0.4, -0.2) is 34.0 Å². The Kier molecular flexibility index (Phi) is 13.2. The van der Waals surface area contributed by atoms with E-state index in [1.54, 1.807) is 0 Å². The third-order valence-corrected chi connectivity index (χ3v) is 6.39. The van der Waals surface area contributed by atoms with Gasteiger partial charge >= 0.3 is 0 Å². The average Bonchev–Trinajstić information content (AvgIpc) is 2.70. The lowest BCUT2D eigenvalue weighted by atomic mass is 9.70. The summed E-state index contributed by atoms with van der Waals surface area (Å²) >= 11 is 0. The SMILES string of the molecule is CC1CC(C)(C)CC(OOC(C)(C)C)(OOC(C)(C)C)C1.CC1CC(C)(C)CC(OOC(C)(C)C)(OOC(C)(C)C)C1. The van der Waals surface area contributed by atoms with Gasteiger partial charge in [-0.05, 0) is 119 Å². The molecule has 0 aromatic heterocycles. The van der Waals surface area contributed by atoms with E-state index in [1.165, 1.54) is 0 Å². The van der Waals surface area contributed by atoms with E-state index in [1.807, 2.05) is 83.1 Å². The minimum Gasteiger partial charge on any atom is -0.228 e. The third-order valence-electron chi connectivity index (χ3n) is 6.39. The van der Waals surface area contributed by atoms with E-state index in [-0.39, 0.29) is 33.2 Å². The van der Waals surface area contributed by atoms with E-state index in [9.17, 15) is 0 Å². The van der Waals surface area contributed by atoms with Gasteiger partial charge in [0.15, 0.2) is 0 Å². The van der Waals surface area contributed by atoms with Gasteiger partial charge in [0.1, 0.15) is 0 Å². The highest BCUT2D eigenvalue weighted by atomic mass is 17.3. The van der Waals surface area contributed by atoms with Crippen molar-refractivity contribution in [1.82, 2.24) is 0 Å². The number of hydrogen-bond donors (Lipinski definition) is 0. The molecule has 0 aromatic carbocycles. The zero-order valence-corrected chi connectivity index (χ0v) is 30.7. The molecule has 0 saturated heterocycles. The molecule has 0 aromatic rings. The summed E-state index contributed by atoms with van der Waals surface area (Å²) in [7, 11) is 0. The Hall–Kier alpha value is -0.320. The van der Waals surface area contributed by atoms with Gasteiger partial charge in [0.25, 0.3) is 0 Å². The van der Waals surface area contributed by atoms with Gasteiger partial charge in [0.05, 0.1) is 22.4 Å². The Morgan fingerprint density at radius 1 is 0.405 bits per heavy atom. The second-order valence-electron chi connectivity index (χ2n) is 18.6. The molecule has 2 atom stereocenters. The first kappa shape index (κ1) is 39.7. The fourth-order valence-corrected chi connectivity index (χ4v) is 5.93. The lowest BCUT2D eigenvalue weighted by Gasteiger charge is -2.46. The van der Waals surface area contributed by atoms with Gasteiger partial charge in [-0.3, -0.25) is 0 Å². The molecule has 2 unspecified atom stereocenters. The van der Waals surface area contributed by atoms with E-state index < -0.39 is 11.6 Å². The van der Waals surface area contributed by atoms with Crippen molar-refractivity contribution in [3.05, 3.63) is 0 Å². The van der Waals surface area contributed by atoms with E-state index >= 15 is 0 Å². The minimum absolute atomic E-state index is 0.125. The molecule has 0 bridgehead atoms. The second kappa shape index (κ2) is 14.0. The van der Waals surface area contributed by atoms with Crippen LogP contribution in [0.1, 0.15) is 163 Å². The van der Waals surface area contributed by atoms with E-state index in [0.29, 0.717) is 11.8 Å². The molecule has 2 fully saturated rings. The summed E-state index contributed by atoms with van der Waals surface area (Å²) in [5.74, 6) is -0.717. The van der Waals surface area contributed by atoms with Crippen molar-refractivity contribution in [1.29, 1.82) is 0 Å². The minimum atomic E-state index is -0.846. The quantitative estimate of drug-likeness (QED) is 0.154. The van der Waals surface area contributed by atoms with Crippen LogP contribution in [0, 0.1) is 22.7 Å². The molecule has 0 amide bonds. The molecule has 2 aliphatic rings. The Morgan fingerprint density at radius 3 is 0.786 bits per heavy atom. The highest BCUT2D eigenvalue weighted by molar-refractivity contribution is 4.89. The van der Waals surface area contributed by atoms with Gasteiger partial charge < -0.3 is 0 Å². The van der Waals surface area contributed by atoms with Crippen LogP contribution in [0.25, 0.3) is 0 Å². The maximum Gasteiger partial charge on any atom is 0.234 e. The predicted octanol–water partition coefficient (Wildman–Crippen LogP) is 10.0. The van der Waals surface area contributed by atoms with E-state index in [0.717, 1.165) is 38.5 Å². The van der Waals surface area contributed by atoms with Crippen molar-refractivity contribution >= 4 is 0 Å². The lowest BCUT2D eigenvalue weighted by molar-refractivity contribution is -0.551. The van der Waals surface area contributed by atoms with Crippen molar-refractivity contribution in [3.8, 4) is 0 Å². The maximum atomic E-state index is 5.79. The summed E-state index contributed by atoms with van der Waals surface area (Å²) in [6.45, 7) is 36.9. The van der Waals surface area contributed by atoms with Crippen LogP contribution in [0.15, 0.2) is 0 Å². The largest absolute Gasteiger partial charge is 0.234 e. The zero-order valence-electron chi connectivity index (χ0n) is 30.7. The van der Waals surface area contributed by atoms with Gasteiger partial charge in [-0.2, -0.15) is 19.6 Å². The Balaban J connectivity index is 0.000000420. The summed E-state index contributed by atoms with van der Waals surface area (Å²) in [6.07, 6.45) is 5.32. The molecule has 42 heavy (non-hydrogen) atoms. The van der Waals surface area contributed by atoms with Crippen LogP contribution in [0.5, 0.6) is 0 Å². The van der Waals surface area contributed by atoms with Gasteiger partial charge in [0, 0.05) is 25.7 Å². The molecule has 2 saturated carbocycles. The summed E-state index contributed by atoms with van der Waals surface area (Å²) in [5.41, 5.74) is -1.29. The molecule has 252 valence electrons. The molecule has 0 spiro atoms. The predicted molar refractivity (Wildman–Crippen MR) is 167 cm³/mol. The fraction of sp³-hybridized carbons (Fsp3) is 1.00. The first-order chi connectivity index (χ1) is 18.4. The summed E-state index contributed by atoms with van der Waals surface area (Å²) in [4.78, 5) is 45.5. The Morgan fingerprint density at radius 2 is 0.619 bits per heavy atom. The van der Waals surface area contributed by atoms with Crippen LogP contribution in [0.3, 0.4) is 0 Å². The van der Waals surface area contributed by atoms with Crippen LogP contribution in [-0.2, 0) is 39.1 Å².